The molecule has 0 aliphatic heterocycles. The van der Waals surface area contributed by atoms with Gasteiger partial charge in [0.15, 0.2) is 0 Å². The fourth-order valence-electron chi connectivity index (χ4n) is 0.816. The molecule has 0 heterocycles. The van der Waals surface area contributed by atoms with Crippen LogP contribution in [-0.4, -0.2) is 6.10 Å². The summed E-state index contributed by atoms with van der Waals surface area (Å²) in [5.74, 6) is 5.67. The normalized spacial score (nSPS) is 38.6. The molecular formula is C5H11NO. The molecule has 0 aromatic rings. The van der Waals surface area contributed by atoms with Gasteiger partial charge < -0.3 is 4.84 Å². The number of rotatable bonds is 2. The van der Waals surface area contributed by atoms with Gasteiger partial charge in [-0.1, -0.05) is 13.3 Å². The van der Waals surface area contributed by atoms with E-state index in [2.05, 4.69) is 11.8 Å². The highest BCUT2D eigenvalue weighted by Crippen LogP contribution is 2.34. The highest BCUT2D eigenvalue weighted by molar-refractivity contribution is 4.85. The van der Waals surface area contributed by atoms with Gasteiger partial charge in [-0.25, -0.2) is 5.90 Å². The van der Waals surface area contributed by atoms with Crippen molar-refractivity contribution in [2.75, 3.05) is 0 Å². The number of nitrogens with two attached hydrogens (primary N) is 1. The molecule has 0 radical (unpaired) electrons. The molecule has 0 spiro atoms. The minimum atomic E-state index is 0.394. The Morgan fingerprint density at radius 3 is 2.71 bits per heavy atom. The van der Waals surface area contributed by atoms with Gasteiger partial charge in [0, 0.05) is 0 Å². The predicted octanol–water partition coefficient (Wildman–Crippen LogP) is 0.675. The van der Waals surface area contributed by atoms with Crippen LogP contribution in [-0.2, 0) is 4.84 Å². The number of hydrogen-bond donors (Lipinski definition) is 1. The lowest BCUT2D eigenvalue weighted by molar-refractivity contribution is 0.111. The van der Waals surface area contributed by atoms with Gasteiger partial charge in [0.25, 0.3) is 0 Å². The summed E-state index contributed by atoms with van der Waals surface area (Å²) in [5, 5.41) is 0. The van der Waals surface area contributed by atoms with Crippen LogP contribution in [0.4, 0.5) is 0 Å². The van der Waals surface area contributed by atoms with Crippen molar-refractivity contribution in [3.8, 4) is 0 Å². The van der Waals surface area contributed by atoms with E-state index in [1.807, 2.05) is 0 Å². The van der Waals surface area contributed by atoms with E-state index in [9.17, 15) is 0 Å². The monoisotopic (exact) mass is 101 g/mol. The molecule has 0 saturated heterocycles. The zero-order valence-corrected chi connectivity index (χ0v) is 4.55. The van der Waals surface area contributed by atoms with Crippen LogP contribution in [0.15, 0.2) is 0 Å². The van der Waals surface area contributed by atoms with Crippen LogP contribution in [0.3, 0.4) is 0 Å². The van der Waals surface area contributed by atoms with Crippen molar-refractivity contribution in [2.45, 2.75) is 25.9 Å². The average molecular weight is 101 g/mol. The maximum absolute atomic E-state index is 4.90. The summed E-state index contributed by atoms with van der Waals surface area (Å²) in [6.07, 6.45) is 2.78. The molecule has 7 heavy (non-hydrogen) atoms. The van der Waals surface area contributed by atoms with Crippen molar-refractivity contribution in [1.29, 1.82) is 0 Å². The Hall–Kier alpha value is -0.0800. The van der Waals surface area contributed by atoms with E-state index in [0.717, 1.165) is 5.92 Å². The molecule has 2 nitrogen and oxygen atoms in total. The van der Waals surface area contributed by atoms with Gasteiger partial charge in [0.05, 0.1) is 6.10 Å². The zero-order valence-electron chi connectivity index (χ0n) is 4.55. The second-order valence-electron chi connectivity index (χ2n) is 2.08. The molecule has 0 aromatic heterocycles. The van der Waals surface area contributed by atoms with E-state index in [-0.39, 0.29) is 0 Å². The molecule has 2 heteroatoms. The van der Waals surface area contributed by atoms with E-state index in [0.29, 0.717) is 6.10 Å². The van der Waals surface area contributed by atoms with Crippen molar-refractivity contribution in [3.05, 3.63) is 0 Å². The molecule has 2 atom stereocenters. The van der Waals surface area contributed by atoms with Crippen molar-refractivity contribution in [3.63, 3.8) is 0 Å². The van der Waals surface area contributed by atoms with Crippen LogP contribution in [0.5, 0.6) is 0 Å². The van der Waals surface area contributed by atoms with Crippen molar-refractivity contribution in [1.82, 2.24) is 0 Å². The van der Waals surface area contributed by atoms with Crippen LogP contribution >= 0.6 is 0 Å². The van der Waals surface area contributed by atoms with Gasteiger partial charge in [0.1, 0.15) is 0 Å². The van der Waals surface area contributed by atoms with Gasteiger partial charge in [-0.2, -0.15) is 0 Å². The lowest BCUT2D eigenvalue weighted by atomic mass is 10.3. The lowest BCUT2D eigenvalue weighted by Gasteiger charge is -1.88. The van der Waals surface area contributed by atoms with Crippen LogP contribution in [0.2, 0.25) is 0 Å². The van der Waals surface area contributed by atoms with Gasteiger partial charge >= 0.3 is 0 Å². The Morgan fingerprint density at radius 1 is 1.86 bits per heavy atom. The van der Waals surface area contributed by atoms with Crippen molar-refractivity contribution < 1.29 is 4.84 Å². The minimum absolute atomic E-state index is 0.394. The Labute approximate surface area is 43.6 Å². The van der Waals surface area contributed by atoms with Crippen LogP contribution < -0.4 is 5.90 Å². The molecule has 1 fully saturated rings. The molecule has 2 unspecified atom stereocenters. The van der Waals surface area contributed by atoms with E-state index >= 15 is 0 Å². The van der Waals surface area contributed by atoms with Gasteiger partial charge in [-0.05, 0) is 12.3 Å². The maximum atomic E-state index is 4.90. The molecule has 1 aliphatic rings. The first kappa shape index (κ1) is 5.06. The van der Waals surface area contributed by atoms with Gasteiger partial charge in [-0.3, -0.25) is 0 Å². The third-order valence-electron chi connectivity index (χ3n) is 1.56. The second kappa shape index (κ2) is 1.80. The smallest absolute Gasteiger partial charge is 0.0819 e. The van der Waals surface area contributed by atoms with E-state index in [1.165, 1.54) is 12.8 Å². The zero-order chi connectivity index (χ0) is 5.28. The molecule has 42 valence electrons. The Balaban J connectivity index is 2.06. The highest BCUT2D eigenvalue weighted by Gasteiger charge is 2.35. The highest BCUT2D eigenvalue weighted by atomic mass is 16.6. The molecule has 2 N–H and O–H groups in total. The summed E-state index contributed by atoms with van der Waals surface area (Å²) in [4.78, 5) is 4.56. The first-order valence-corrected chi connectivity index (χ1v) is 2.74. The third kappa shape index (κ3) is 0.924. The summed E-state index contributed by atoms with van der Waals surface area (Å²) in [7, 11) is 0. The average Bonchev–Trinajstić information content (AvgIpc) is 2.43. The van der Waals surface area contributed by atoms with Gasteiger partial charge in [-0.15, -0.1) is 0 Å². The van der Waals surface area contributed by atoms with Crippen molar-refractivity contribution >= 4 is 0 Å². The standard InChI is InChI=1S/C5H11NO/c1-2-4-3-5(4)7-6/h4-5H,2-3,6H2,1H3. The molecule has 0 amide bonds. The van der Waals surface area contributed by atoms with Crippen molar-refractivity contribution in [2.24, 2.45) is 11.8 Å². The summed E-state index contributed by atoms with van der Waals surface area (Å²) >= 11 is 0. The quantitative estimate of drug-likeness (QED) is 0.519. The summed E-state index contributed by atoms with van der Waals surface area (Å²) in [5.41, 5.74) is 0. The molecule has 1 aliphatic carbocycles. The lowest BCUT2D eigenvalue weighted by Crippen LogP contribution is -2.02. The first-order chi connectivity index (χ1) is 3.38. The Kier molecular flexibility index (Phi) is 1.30. The topological polar surface area (TPSA) is 35.2 Å². The molecular weight excluding hydrogens is 90.1 g/mol. The predicted molar refractivity (Wildman–Crippen MR) is 27.5 cm³/mol. The van der Waals surface area contributed by atoms with E-state index in [1.54, 1.807) is 0 Å². The molecule has 1 rings (SSSR count). The third-order valence-corrected chi connectivity index (χ3v) is 1.56. The number of hydrogen-bond acceptors (Lipinski definition) is 2. The Morgan fingerprint density at radius 2 is 2.57 bits per heavy atom. The Bertz CT molecular complexity index is 57.1. The summed E-state index contributed by atoms with van der Waals surface area (Å²) in [6.45, 7) is 2.16. The summed E-state index contributed by atoms with van der Waals surface area (Å²) in [6, 6.07) is 0. The van der Waals surface area contributed by atoms with E-state index < -0.39 is 0 Å². The second-order valence-corrected chi connectivity index (χ2v) is 2.08. The summed E-state index contributed by atoms with van der Waals surface area (Å²) < 4.78 is 0. The largest absolute Gasteiger partial charge is 0.301 e. The maximum Gasteiger partial charge on any atom is 0.0819 e. The first-order valence-electron chi connectivity index (χ1n) is 2.74. The molecule has 0 aromatic carbocycles. The van der Waals surface area contributed by atoms with Crippen LogP contribution in [0.1, 0.15) is 19.8 Å². The van der Waals surface area contributed by atoms with E-state index in [4.69, 9.17) is 5.90 Å². The fourth-order valence-corrected chi connectivity index (χ4v) is 0.816. The van der Waals surface area contributed by atoms with Crippen LogP contribution in [0.25, 0.3) is 0 Å². The minimum Gasteiger partial charge on any atom is -0.301 e. The fraction of sp³-hybridized carbons (Fsp3) is 1.00. The molecule has 1 saturated carbocycles. The van der Waals surface area contributed by atoms with Gasteiger partial charge in [0.2, 0.25) is 0 Å². The van der Waals surface area contributed by atoms with Crippen LogP contribution in [0, 0.1) is 5.92 Å². The molecule has 0 bridgehead atoms. The SMILES string of the molecule is CCC1CC1ON.